The number of fused-ring (bicyclic) bond motifs is 1. The van der Waals surface area contributed by atoms with Gasteiger partial charge in [-0.15, -0.1) is 0 Å². The van der Waals surface area contributed by atoms with E-state index in [4.69, 9.17) is 18.9 Å². The van der Waals surface area contributed by atoms with E-state index in [0.29, 0.717) is 29.6 Å². The lowest BCUT2D eigenvalue weighted by atomic mass is 9.72. The predicted molar refractivity (Wildman–Crippen MR) is 86.3 cm³/mol. The van der Waals surface area contributed by atoms with Gasteiger partial charge in [-0.25, -0.2) is 0 Å². The van der Waals surface area contributed by atoms with Crippen molar-refractivity contribution in [1.82, 2.24) is 4.90 Å². The van der Waals surface area contributed by atoms with E-state index in [1.54, 1.807) is 13.2 Å². The molecule has 1 spiro atoms. The van der Waals surface area contributed by atoms with Crippen molar-refractivity contribution in [2.45, 2.75) is 12.8 Å². The summed E-state index contributed by atoms with van der Waals surface area (Å²) in [6.07, 6.45) is 1.98. The minimum atomic E-state index is 0.0535. The highest BCUT2D eigenvalue weighted by Crippen LogP contribution is 2.45. The molecule has 130 valence electrons. The first-order valence-corrected chi connectivity index (χ1v) is 8.47. The average Bonchev–Trinajstić information content (AvgIpc) is 3.20. The Bertz CT molecular complexity index is 626. The van der Waals surface area contributed by atoms with E-state index >= 15 is 0 Å². The van der Waals surface area contributed by atoms with Crippen LogP contribution in [0.15, 0.2) is 18.2 Å². The molecule has 3 aliphatic rings. The van der Waals surface area contributed by atoms with E-state index in [-0.39, 0.29) is 18.1 Å². The molecule has 0 aliphatic carbocycles. The van der Waals surface area contributed by atoms with Gasteiger partial charge < -0.3 is 23.8 Å². The van der Waals surface area contributed by atoms with Crippen molar-refractivity contribution in [3.05, 3.63) is 23.8 Å². The van der Waals surface area contributed by atoms with Crippen LogP contribution in [0, 0.1) is 11.3 Å². The summed E-state index contributed by atoms with van der Waals surface area (Å²) in [7, 11) is 1.73. The number of hydrogen-bond acceptors (Lipinski definition) is 5. The Kier molecular flexibility index (Phi) is 4.10. The van der Waals surface area contributed by atoms with E-state index in [2.05, 4.69) is 0 Å². The maximum Gasteiger partial charge on any atom is 0.254 e. The Balaban J connectivity index is 1.54. The molecule has 1 amide bonds. The lowest BCUT2D eigenvalue weighted by Crippen LogP contribution is -2.39. The predicted octanol–water partition coefficient (Wildman–Crippen LogP) is 1.93. The largest absolute Gasteiger partial charge is 0.454 e. The monoisotopic (exact) mass is 333 g/mol. The molecular weight excluding hydrogens is 310 g/mol. The summed E-state index contributed by atoms with van der Waals surface area (Å²) in [4.78, 5) is 14.9. The quantitative estimate of drug-likeness (QED) is 0.846. The van der Waals surface area contributed by atoms with Gasteiger partial charge in [0.1, 0.15) is 0 Å². The van der Waals surface area contributed by atoms with Gasteiger partial charge in [-0.05, 0) is 36.5 Å². The standard InChI is InChI=1S/C18H23NO5/c1-21-10-14-9-19(11-18(14)4-6-22-7-5-18)17(20)13-2-3-15-16(8-13)24-12-23-15/h2-3,8,14H,4-7,9-12H2,1H3/t14-/m1/s1. The first-order chi connectivity index (χ1) is 11.7. The van der Waals surface area contributed by atoms with Crippen molar-refractivity contribution in [2.75, 3.05) is 46.8 Å². The molecule has 1 aromatic carbocycles. The van der Waals surface area contributed by atoms with Crippen LogP contribution in [-0.2, 0) is 9.47 Å². The maximum atomic E-state index is 13.0. The molecule has 4 rings (SSSR count). The summed E-state index contributed by atoms with van der Waals surface area (Å²) in [5, 5.41) is 0. The zero-order valence-corrected chi connectivity index (χ0v) is 14.0. The van der Waals surface area contributed by atoms with Crippen LogP contribution in [-0.4, -0.2) is 57.6 Å². The van der Waals surface area contributed by atoms with Crippen LogP contribution in [0.1, 0.15) is 23.2 Å². The molecule has 3 aliphatic heterocycles. The van der Waals surface area contributed by atoms with Gasteiger partial charge in [0.2, 0.25) is 6.79 Å². The third-order valence-corrected chi connectivity index (χ3v) is 5.58. The second-order valence-electron chi connectivity index (χ2n) is 6.88. The Morgan fingerprint density at radius 1 is 1.29 bits per heavy atom. The van der Waals surface area contributed by atoms with Crippen molar-refractivity contribution in [3.8, 4) is 11.5 Å². The number of carbonyl (C=O) groups is 1. The molecule has 1 atom stereocenters. The van der Waals surface area contributed by atoms with Gasteiger partial charge >= 0.3 is 0 Å². The molecular formula is C18H23NO5. The van der Waals surface area contributed by atoms with Gasteiger partial charge in [-0.2, -0.15) is 0 Å². The first kappa shape index (κ1) is 15.7. The number of amides is 1. The second-order valence-corrected chi connectivity index (χ2v) is 6.88. The second kappa shape index (κ2) is 6.26. The van der Waals surface area contributed by atoms with E-state index in [1.165, 1.54) is 0 Å². The van der Waals surface area contributed by atoms with Gasteiger partial charge in [0, 0.05) is 44.9 Å². The van der Waals surface area contributed by atoms with E-state index < -0.39 is 0 Å². The molecule has 1 aromatic rings. The average molecular weight is 333 g/mol. The topological polar surface area (TPSA) is 57.2 Å². The molecule has 0 aromatic heterocycles. The number of likely N-dealkylation sites (tertiary alicyclic amines) is 1. The van der Waals surface area contributed by atoms with Crippen LogP contribution < -0.4 is 9.47 Å². The summed E-state index contributed by atoms with van der Waals surface area (Å²) in [6, 6.07) is 5.41. The number of ether oxygens (including phenoxy) is 4. The number of carbonyl (C=O) groups excluding carboxylic acids is 1. The normalized spacial score (nSPS) is 24.5. The van der Waals surface area contributed by atoms with Crippen LogP contribution in [0.2, 0.25) is 0 Å². The number of rotatable bonds is 3. The molecule has 6 heteroatoms. The Morgan fingerprint density at radius 3 is 2.88 bits per heavy atom. The van der Waals surface area contributed by atoms with Crippen LogP contribution >= 0.6 is 0 Å². The van der Waals surface area contributed by atoms with Crippen molar-refractivity contribution >= 4 is 5.91 Å². The van der Waals surface area contributed by atoms with Crippen LogP contribution in [0.25, 0.3) is 0 Å². The summed E-state index contributed by atoms with van der Waals surface area (Å²) in [6.45, 7) is 3.96. The molecule has 0 unspecified atom stereocenters. The minimum Gasteiger partial charge on any atom is -0.454 e. The van der Waals surface area contributed by atoms with Crippen molar-refractivity contribution in [3.63, 3.8) is 0 Å². The van der Waals surface area contributed by atoms with Crippen molar-refractivity contribution < 1.29 is 23.7 Å². The molecule has 0 radical (unpaired) electrons. The molecule has 6 nitrogen and oxygen atoms in total. The zero-order chi connectivity index (χ0) is 16.6. The van der Waals surface area contributed by atoms with Gasteiger partial charge in [0.05, 0.1) is 6.61 Å². The third-order valence-electron chi connectivity index (χ3n) is 5.58. The van der Waals surface area contributed by atoms with E-state index in [1.807, 2.05) is 17.0 Å². The molecule has 3 heterocycles. The summed E-state index contributed by atoms with van der Waals surface area (Å²) < 4.78 is 21.7. The fourth-order valence-electron chi connectivity index (χ4n) is 4.18. The lowest BCUT2D eigenvalue weighted by molar-refractivity contribution is -0.0169. The van der Waals surface area contributed by atoms with Crippen LogP contribution in [0.3, 0.4) is 0 Å². The molecule has 0 bridgehead atoms. The molecule has 24 heavy (non-hydrogen) atoms. The number of nitrogens with zero attached hydrogens (tertiary/aromatic N) is 1. The number of hydrogen-bond donors (Lipinski definition) is 0. The highest BCUT2D eigenvalue weighted by molar-refractivity contribution is 5.95. The highest BCUT2D eigenvalue weighted by atomic mass is 16.7. The fourth-order valence-corrected chi connectivity index (χ4v) is 4.18. The maximum absolute atomic E-state index is 13.0. The SMILES string of the molecule is COC[C@H]1CN(C(=O)c2ccc3c(c2)OCO3)CC12CCOCC2. The number of benzene rings is 1. The molecule has 2 fully saturated rings. The van der Waals surface area contributed by atoms with Gasteiger partial charge in [-0.1, -0.05) is 0 Å². The van der Waals surface area contributed by atoms with Gasteiger partial charge in [0.15, 0.2) is 11.5 Å². The van der Waals surface area contributed by atoms with Gasteiger partial charge in [-0.3, -0.25) is 4.79 Å². The molecule has 2 saturated heterocycles. The molecule has 0 N–H and O–H groups in total. The van der Waals surface area contributed by atoms with Gasteiger partial charge in [0.25, 0.3) is 5.91 Å². The summed E-state index contributed by atoms with van der Waals surface area (Å²) >= 11 is 0. The Labute approximate surface area is 141 Å². The van der Waals surface area contributed by atoms with Crippen molar-refractivity contribution in [2.24, 2.45) is 11.3 Å². The first-order valence-electron chi connectivity index (χ1n) is 8.47. The van der Waals surface area contributed by atoms with E-state index in [9.17, 15) is 4.79 Å². The van der Waals surface area contributed by atoms with Crippen molar-refractivity contribution in [1.29, 1.82) is 0 Å². The van der Waals surface area contributed by atoms with Crippen LogP contribution in [0.5, 0.6) is 11.5 Å². The zero-order valence-electron chi connectivity index (χ0n) is 14.0. The summed E-state index contributed by atoms with van der Waals surface area (Å²) in [5.74, 6) is 1.77. The number of methoxy groups -OCH3 is 1. The summed E-state index contributed by atoms with van der Waals surface area (Å²) in [5.41, 5.74) is 0.778. The fraction of sp³-hybridized carbons (Fsp3) is 0.611. The molecule has 0 saturated carbocycles. The highest BCUT2D eigenvalue weighted by Gasteiger charge is 2.48. The smallest absolute Gasteiger partial charge is 0.254 e. The van der Waals surface area contributed by atoms with E-state index in [0.717, 1.165) is 39.1 Å². The Morgan fingerprint density at radius 2 is 2.08 bits per heavy atom. The third kappa shape index (κ3) is 2.63. The van der Waals surface area contributed by atoms with Crippen LogP contribution in [0.4, 0.5) is 0 Å². The minimum absolute atomic E-state index is 0.0535. The Hall–Kier alpha value is -1.79. The lowest BCUT2D eigenvalue weighted by Gasteiger charge is -2.37.